The second kappa shape index (κ2) is 11.5. The Hall–Kier alpha value is -4.41. The van der Waals surface area contributed by atoms with E-state index in [2.05, 4.69) is 20.6 Å². The Kier molecular flexibility index (Phi) is 8.02. The molecule has 1 aliphatic rings. The quantitative estimate of drug-likeness (QED) is 0.320. The first-order valence-electron chi connectivity index (χ1n) is 12.0. The number of hydrogen-bond acceptors (Lipinski definition) is 9. The lowest BCUT2D eigenvalue weighted by atomic mass is 9.91. The van der Waals surface area contributed by atoms with E-state index in [0.717, 1.165) is 31.5 Å². The smallest absolute Gasteiger partial charge is 0.270 e. The van der Waals surface area contributed by atoms with Crippen LogP contribution in [0.3, 0.4) is 0 Å². The number of nitrogens with one attached hydrogen (secondary N) is 2. The molecule has 0 unspecified atom stereocenters. The van der Waals surface area contributed by atoms with E-state index in [1.54, 1.807) is 37.6 Å². The van der Waals surface area contributed by atoms with Crippen molar-refractivity contribution >= 4 is 23.4 Å². The van der Waals surface area contributed by atoms with Crippen molar-refractivity contribution in [2.24, 2.45) is 0 Å². The molecule has 194 valence electrons. The third-order valence-corrected chi connectivity index (χ3v) is 6.20. The summed E-state index contributed by atoms with van der Waals surface area (Å²) in [5, 5.41) is 17.8. The first-order valence-corrected chi connectivity index (χ1v) is 12.0. The van der Waals surface area contributed by atoms with Crippen LogP contribution in [-0.2, 0) is 0 Å². The van der Waals surface area contributed by atoms with Crippen molar-refractivity contribution < 1.29 is 19.2 Å². The first-order chi connectivity index (χ1) is 17.8. The summed E-state index contributed by atoms with van der Waals surface area (Å²) in [6.07, 6.45) is 4.87. The average molecular weight is 507 g/mol. The Morgan fingerprint density at radius 2 is 1.70 bits per heavy atom. The minimum absolute atomic E-state index is 0.0623. The van der Waals surface area contributed by atoms with Crippen LogP contribution in [-0.4, -0.2) is 54.1 Å². The molecule has 0 aliphatic heterocycles. The lowest BCUT2D eigenvalue weighted by Gasteiger charge is -2.30. The maximum atomic E-state index is 13.2. The standard InChI is InChI=1S/C26H30N6O5/c1-31(2)24-14-15-27-26(30-24)29-18-6-4-17(5-7-18)28-25(33)22-16-19(32(34)35)8-13-23(22)37-21-11-9-20(36-3)10-12-21/h8-18H,4-7H2,1-3H3,(H,28,33)(H,27,29,30). The number of nitro benzene ring substituents is 1. The van der Waals surface area contributed by atoms with Gasteiger partial charge in [0.1, 0.15) is 23.1 Å². The third-order valence-electron chi connectivity index (χ3n) is 6.20. The van der Waals surface area contributed by atoms with Crippen LogP contribution in [0.25, 0.3) is 0 Å². The van der Waals surface area contributed by atoms with Crippen molar-refractivity contribution in [3.8, 4) is 17.2 Å². The highest BCUT2D eigenvalue weighted by Gasteiger charge is 2.26. The van der Waals surface area contributed by atoms with Crippen molar-refractivity contribution in [3.63, 3.8) is 0 Å². The number of anilines is 2. The monoisotopic (exact) mass is 506 g/mol. The number of ether oxygens (including phenoxy) is 2. The Morgan fingerprint density at radius 1 is 1.03 bits per heavy atom. The van der Waals surface area contributed by atoms with Gasteiger partial charge < -0.3 is 25.0 Å². The zero-order valence-corrected chi connectivity index (χ0v) is 21.0. The van der Waals surface area contributed by atoms with Gasteiger partial charge in [-0.25, -0.2) is 4.98 Å². The molecule has 2 N–H and O–H groups in total. The van der Waals surface area contributed by atoms with Crippen molar-refractivity contribution in [1.82, 2.24) is 15.3 Å². The van der Waals surface area contributed by atoms with Crippen LogP contribution in [0.2, 0.25) is 0 Å². The molecule has 1 heterocycles. The molecule has 0 bridgehead atoms. The van der Waals surface area contributed by atoms with E-state index >= 15 is 0 Å². The van der Waals surface area contributed by atoms with Gasteiger partial charge in [0.05, 0.1) is 17.6 Å². The summed E-state index contributed by atoms with van der Waals surface area (Å²) in [6, 6.07) is 12.9. The van der Waals surface area contributed by atoms with Crippen LogP contribution in [0.4, 0.5) is 17.5 Å². The Bertz CT molecular complexity index is 1240. The number of amides is 1. The second-order valence-corrected chi connectivity index (χ2v) is 9.01. The zero-order chi connectivity index (χ0) is 26.4. The van der Waals surface area contributed by atoms with Crippen molar-refractivity contribution in [1.29, 1.82) is 0 Å². The zero-order valence-electron chi connectivity index (χ0n) is 21.0. The van der Waals surface area contributed by atoms with Gasteiger partial charge in [-0.1, -0.05) is 0 Å². The van der Waals surface area contributed by atoms with E-state index in [9.17, 15) is 14.9 Å². The number of nitrogens with zero attached hydrogens (tertiary/aromatic N) is 4. The maximum Gasteiger partial charge on any atom is 0.270 e. The molecule has 0 atom stereocenters. The number of rotatable bonds is 9. The average Bonchev–Trinajstić information content (AvgIpc) is 2.90. The topological polar surface area (TPSA) is 132 Å². The molecule has 0 spiro atoms. The molecule has 4 rings (SSSR count). The Labute approximate surface area is 215 Å². The minimum Gasteiger partial charge on any atom is -0.497 e. The normalized spacial score (nSPS) is 16.9. The van der Waals surface area contributed by atoms with Gasteiger partial charge in [0.2, 0.25) is 5.95 Å². The van der Waals surface area contributed by atoms with Gasteiger partial charge in [0, 0.05) is 44.5 Å². The predicted octanol–water partition coefficient (Wildman–Crippen LogP) is 4.40. The molecule has 1 saturated carbocycles. The fraction of sp³-hybridized carbons (Fsp3) is 0.346. The molecule has 11 heteroatoms. The maximum absolute atomic E-state index is 13.2. The molecule has 1 amide bonds. The molecule has 0 saturated heterocycles. The largest absolute Gasteiger partial charge is 0.497 e. The predicted molar refractivity (Wildman–Crippen MR) is 140 cm³/mol. The van der Waals surface area contributed by atoms with Crippen molar-refractivity contribution in [3.05, 3.63) is 70.4 Å². The van der Waals surface area contributed by atoms with E-state index < -0.39 is 10.8 Å². The van der Waals surface area contributed by atoms with E-state index in [0.29, 0.717) is 17.4 Å². The number of nitro groups is 1. The highest BCUT2D eigenvalue weighted by atomic mass is 16.6. The highest BCUT2D eigenvalue weighted by molar-refractivity contribution is 5.98. The number of carbonyl (C=O) groups is 1. The van der Waals surface area contributed by atoms with E-state index in [-0.39, 0.29) is 29.1 Å². The SMILES string of the molecule is COc1ccc(Oc2ccc([N+](=O)[O-])cc2C(=O)NC2CCC(Nc3nccc(N(C)C)n3)CC2)cc1. The fourth-order valence-electron chi connectivity index (χ4n) is 4.16. The third kappa shape index (κ3) is 6.63. The number of carbonyl (C=O) groups excluding carboxylic acids is 1. The van der Waals surface area contributed by atoms with Crippen LogP contribution in [0.5, 0.6) is 17.2 Å². The summed E-state index contributed by atoms with van der Waals surface area (Å²) in [5.74, 6) is 2.37. The van der Waals surface area contributed by atoms with Crippen molar-refractivity contribution in [2.75, 3.05) is 31.4 Å². The number of hydrogen-bond donors (Lipinski definition) is 2. The summed E-state index contributed by atoms with van der Waals surface area (Å²) in [5.41, 5.74) is -0.0701. The van der Waals surface area contributed by atoms with Gasteiger partial charge in [0.15, 0.2) is 0 Å². The molecule has 0 radical (unpaired) electrons. The van der Waals surface area contributed by atoms with E-state index in [4.69, 9.17) is 9.47 Å². The fourth-order valence-corrected chi connectivity index (χ4v) is 4.16. The second-order valence-electron chi connectivity index (χ2n) is 9.01. The van der Waals surface area contributed by atoms with Crippen LogP contribution < -0.4 is 25.0 Å². The molecule has 1 fully saturated rings. The summed E-state index contributed by atoms with van der Waals surface area (Å²) < 4.78 is 11.1. The van der Waals surface area contributed by atoms with Crippen LogP contribution in [0.1, 0.15) is 36.0 Å². The minimum atomic E-state index is -0.530. The van der Waals surface area contributed by atoms with E-state index in [1.165, 1.54) is 18.2 Å². The van der Waals surface area contributed by atoms with Crippen LogP contribution in [0, 0.1) is 10.1 Å². The summed E-state index contributed by atoms with van der Waals surface area (Å²) in [6.45, 7) is 0. The number of methoxy groups -OCH3 is 1. The molecule has 37 heavy (non-hydrogen) atoms. The Balaban J connectivity index is 1.40. The van der Waals surface area contributed by atoms with Crippen molar-refractivity contribution in [2.45, 2.75) is 37.8 Å². The highest BCUT2D eigenvalue weighted by Crippen LogP contribution is 2.30. The molecule has 11 nitrogen and oxygen atoms in total. The lowest BCUT2D eigenvalue weighted by molar-refractivity contribution is -0.384. The van der Waals surface area contributed by atoms with Gasteiger partial charge >= 0.3 is 0 Å². The molecule has 2 aromatic carbocycles. The van der Waals surface area contributed by atoms with Crippen LogP contribution >= 0.6 is 0 Å². The number of aromatic nitrogens is 2. The molecule has 1 aliphatic carbocycles. The van der Waals surface area contributed by atoms with Gasteiger partial charge in [0.25, 0.3) is 11.6 Å². The molecular weight excluding hydrogens is 476 g/mol. The number of benzene rings is 2. The summed E-state index contributed by atoms with van der Waals surface area (Å²) in [7, 11) is 5.41. The molecule has 1 aromatic heterocycles. The number of non-ortho nitro benzene ring substituents is 1. The van der Waals surface area contributed by atoms with Gasteiger partial charge in [-0.15, -0.1) is 0 Å². The molecular formula is C26H30N6O5. The first kappa shape index (κ1) is 25.7. The Morgan fingerprint density at radius 3 is 2.35 bits per heavy atom. The summed E-state index contributed by atoms with van der Waals surface area (Å²) >= 11 is 0. The van der Waals surface area contributed by atoms with E-state index in [1.807, 2.05) is 25.1 Å². The van der Waals surface area contributed by atoms with Gasteiger partial charge in [-0.05, 0) is 62.1 Å². The van der Waals surface area contributed by atoms with Gasteiger partial charge in [-0.3, -0.25) is 14.9 Å². The van der Waals surface area contributed by atoms with Gasteiger partial charge in [-0.2, -0.15) is 4.98 Å². The summed E-state index contributed by atoms with van der Waals surface area (Å²) in [4.78, 5) is 34.7. The molecule has 3 aromatic rings. The lowest BCUT2D eigenvalue weighted by Crippen LogP contribution is -2.40. The van der Waals surface area contributed by atoms with Crippen LogP contribution in [0.15, 0.2) is 54.7 Å².